The molecule has 1 saturated heterocycles. The van der Waals surface area contributed by atoms with Crippen LogP contribution in [0.2, 0.25) is 0 Å². The summed E-state index contributed by atoms with van der Waals surface area (Å²) in [6, 6.07) is 7.18. The third kappa shape index (κ3) is 4.15. The van der Waals surface area contributed by atoms with Crippen LogP contribution in [-0.2, 0) is 16.0 Å². The molecule has 1 radical (unpaired) electrons. The number of benzene rings is 1. The number of aromatic nitrogens is 1. The molecule has 25 heavy (non-hydrogen) atoms. The second-order valence-electron chi connectivity index (χ2n) is 6.30. The minimum Gasteiger partial charge on any atom is -0.368 e. The highest BCUT2D eigenvalue weighted by Crippen LogP contribution is 2.27. The van der Waals surface area contributed by atoms with E-state index in [2.05, 4.69) is 4.98 Å². The van der Waals surface area contributed by atoms with Crippen LogP contribution in [0.3, 0.4) is 0 Å². The minimum absolute atomic E-state index is 0.107. The maximum atomic E-state index is 12.5. The first-order chi connectivity index (χ1) is 12.1. The summed E-state index contributed by atoms with van der Waals surface area (Å²) in [6.07, 6.45) is 3.55. The number of amides is 2. The van der Waals surface area contributed by atoms with Crippen molar-refractivity contribution in [3.05, 3.63) is 35.7 Å². The molecule has 2 unspecified atom stereocenters. The Morgan fingerprint density at radius 3 is 2.92 bits per heavy atom. The molecule has 133 valence electrons. The summed E-state index contributed by atoms with van der Waals surface area (Å²) in [4.78, 5) is 30.3. The number of carbonyl (C=O) groups is 2. The topological polar surface area (TPSA) is 76.3 Å². The zero-order chi connectivity index (χ0) is 17.8. The number of likely N-dealkylation sites (tertiary alicyclic amines) is 1. The third-order valence-corrected chi connectivity index (χ3v) is 5.69. The van der Waals surface area contributed by atoms with Crippen LogP contribution in [0.4, 0.5) is 4.39 Å². The zero-order valence-electron chi connectivity index (χ0n) is 13.9. The summed E-state index contributed by atoms with van der Waals surface area (Å²) in [6.45, 7) is 0.0290. The van der Waals surface area contributed by atoms with Gasteiger partial charge in [-0.05, 0) is 37.3 Å². The van der Waals surface area contributed by atoms with Gasteiger partial charge in [0.2, 0.25) is 11.8 Å². The molecule has 1 aromatic carbocycles. The molecular weight excluding hydrogens is 341 g/mol. The fourth-order valence-corrected chi connectivity index (χ4v) is 4.22. The van der Waals surface area contributed by atoms with Crippen LogP contribution in [0, 0.1) is 12.3 Å². The van der Waals surface area contributed by atoms with Gasteiger partial charge in [0.25, 0.3) is 0 Å². The third-order valence-electron chi connectivity index (χ3n) is 4.63. The van der Waals surface area contributed by atoms with Gasteiger partial charge in [-0.1, -0.05) is 12.1 Å². The summed E-state index contributed by atoms with van der Waals surface area (Å²) >= 11 is 1.55. The second kappa shape index (κ2) is 7.91. The molecule has 5 nitrogen and oxygen atoms in total. The minimum atomic E-state index is -0.649. The highest BCUT2D eigenvalue weighted by Gasteiger charge is 2.34. The van der Waals surface area contributed by atoms with Gasteiger partial charge in [0, 0.05) is 13.0 Å². The average molecular weight is 362 g/mol. The van der Waals surface area contributed by atoms with E-state index in [0.29, 0.717) is 32.2 Å². The summed E-state index contributed by atoms with van der Waals surface area (Å²) < 4.78 is 13.6. The van der Waals surface area contributed by atoms with Gasteiger partial charge in [0.15, 0.2) is 0 Å². The largest absolute Gasteiger partial charge is 0.368 e. The Morgan fingerprint density at radius 1 is 1.40 bits per heavy atom. The van der Waals surface area contributed by atoms with Crippen LogP contribution in [0.1, 0.15) is 24.3 Å². The monoisotopic (exact) mass is 362 g/mol. The number of rotatable bonds is 6. The number of primary amides is 1. The molecule has 1 aromatic heterocycles. The normalized spacial score (nSPS) is 20.8. The number of para-hydroxylation sites is 1. The number of thiazole rings is 1. The van der Waals surface area contributed by atoms with Crippen molar-refractivity contribution in [3.63, 3.8) is 0 Å². The molecule has 0 saturated carbocycles. The number of hydrogen-bond donors (Lipinski definition) is 1. The fraction of sp³-hybridized carbons (Fsp3) is 0.444. The number of nitrogens with two attached hydrogens (primary N) is 1. The lowest BCUT2D eigenvalue weighted by Crippen LogP contribution is -2.52. The molecule has 2 aromatic rings. The number of alkyl halides is 1. The molecule has 7 heteroatoms. The quantitative estimate of drug-likeness (QED) is 0.858. The Bertz CT molecular complexity index is 731. The van der Waals surface area contributed by atoms with E-state index in [1.54, 1.807) is 17.8 Å². The van der Waals surface area contributed by atoms with Crippen molar-refractivity contribution in [2.45, 2.75) is 31.7 Å². The van der Waals surface area contributed by atoms with E-state index in [1.165, 1.54) is 4.90 Å². The number of hydrogen-bond acceptors (Lipinski definition) is 4. The van der Waals surface area contributed by atoms with Crippen molar-refractivity contribution in [1.82, 2.24) is 9.88 Å². The standard InChI is InChI=1S/C18H21FN3O2S/c19-9-7-12-8-10-22(14(11-12)18(20)24)17(23)6-5-16-21-13-3-1-2-4-15(13)25-16/h1-4,6,12,14H,5,7-11H2,(H2,20,24). The van der Waals surface area contributed by atoms with Crippen LogP contribution in [0.5, 0.6) is 0 Å². The molecular formula is C18H21FN3O2S. The first kappa shape index (κ1) is 17.8. The van der Waals surface area contributed by atoms with Crippen LogP contribution >= 0.6 is 11.3 Å². The van der Waals surface area contributed by atoms with Gasteiger partial charge in [0.05, 0.1) is 28.3 Å². The van der Waals surface area contributed by atoms with Crippen molar-refractivity contribution in [2.75, 3.05) is 13.2 Å². The Labute approximate surface area is 150 Å². The molecule has 2 atom stereocenters. The van der Waals surface area contributed by atoms with Gasteiger partial charge >= 0.3 is 0 Å². The first-order valence-corrected chi connectivity index (χ1v) is 9.23. The van der Waals surface area contributed by atoms with Crippen molar-refractivity contribution in [3.8, 4) is 0 Å². The molecule has 0 bridgehead atoms. The lowest BCUT2D eigenvalue weighted by molar-refractivity contribution is -0.139. The zero-order valence-corrected chi connectivity index (χ0v) is 14.7. The number of fused-ring (bicyclic) bond motifs is 1. The van der Waals surface area contributed by atoms with Crippen LogP contribution < -0.4 is 5.73 Å². The Kier molecular flexibility index (Phi) is 5.63. The first-order valence-electron chi connectivity index (χ1n) is 8.42. The molecule has 0 aliphatic carbocycles. The molecule has 1 fully saturated rings. The number of carbonyl (C=O) groups excluding carboxylic acids is 2. The fourth-order valence-electron chi connectivity index (χ4n) is 3.29. The van der Waals surface area contributed by atoms with Crippen molar-refractivity contribution in [2.24, 2.45) is 11.7 Å². The Hall–Kier alpha value is -2.02. The van der Waals surface area contributed by atoms with E-state index >= 15 is 0 Å². The Morgan fingerprint density at radius 2 is 2.20 bits per heavy atom. The predicted molar refractivity (Wildman–Crippen MR) is 95.6 cm³/mol. The van der Waals surface area contributed by atoms with Crippen molar-refractivity contribution in [1.29, 1.82) is 0 Å². The molecule has 1 aliphatic heterocycles. The number of nitrogens with zero attached hydrogens (tertiary/aromatic N) is 2. The van der Waals surface area contributed by atoms with Gasteiger partial charge in [-0.2, -0.15) is 0 Å². The smallest absolute Gasteiger partial charge is 0.240 e. The van der Waals surface area contributed by atoms with Gasteiger partial charge < -0.3 is 10.6 Å². The number of piperidine rings is 1. The van der Waals surface area contributed by atoms with Crippen molar-refractivity contribution >= 4 is 33.4 Å². The van der Waals surface area contributed by atoms with E-state index in [0.717, 1.165) is 15.2 Å². The van der Waals surface area contributed by atoms with Crippen LogP contribution in [0.25, 0.3) is 10.2 Å². The van der Waals surface area contributed by atoms with Gasteiger partial charge in [-0.3, -0.25) is 14.0 Å². The van der Waals surface area contributed by atoms with Crippen LogP contribution in [0.15, 0.2) is 24.3 Å². The summed E-state index contributed by atoms with van der Waals surface area (Å²) in [5.41, 5.74) is 6.38. The second-order valence-corrected chi connectivity index (χ2v) is 7.42. The highest BCUT2D eigenvalue weighted by molar-refractivity contribution is 7.18. The SMILES string of the molecule is NC(=O)C1CC(CCF)CCN1C(=O)[CH]Cc1nc2ccccc2s1. The molecule has 0 spiro atoms. The van der Waals surface area contributed by atoms with Gasteiger partial charge in [-0.25, -0.2) is 4.98 Å². The van der Waals surface area contributed by atoms with Gasteiger partial charge in [-0.15, -0.1) is 11.3 Å². The van der Waals surface area contributed by atoms with Crippen LogP contribution in [-0.4, -0.2) is 41.0 Å². The lowest BCUT2D eigenvalue weighted by Gasteiger charge is -2.37. The summed E-state index contributed by atoms with van der Waals surface area (Å²) in [7, 11) is 0. The summed E-state index contributed by atoms with van der Waals surface area (Å²) in [5.74, 6) is -0.622. The molecule has 2 amide bonds. The molecule has 2 heterocycles. The van der Waals surface area contributed by atoms with E-state index in [-0.39, 0.29) is 11.8 Å². The van der Waals surface area contributed by atoms with E-state index < -0.39 is 18.6 Å². The van der Waals surface area contributed by atoms with E-state index in [4.69, 9.17) is 5.73 Å². The summed E-state index contributed by atoms with van der Waals surface area (Å²) in [5, 5.41) is 0.859. The molecule has 2 N–H and O–H groups in total. The molecule has 1 aliphatic rings. The van der Waals surface area contributed by atoms with Gasteiger partial charge in [0.1, 0.15) is 6.04 Å². The molecule has 3 rings (SSSR count). The maximum absolute atomic E-state index is 12.5. The maximum Gasteiger partial charge on any atom is 0.240 e. The van der Waals surface area contributed by atoms with Crippen molar-refractivity contribution < 1.29 is 14.0 Å². The van der Waals surface area contributed by atoms with E-state index in [1.807, 2.05) is 24.3 Å². The average Bonchev–Trinajstić information content (AvgIpc) is 3.03. The number of halogens is 1. The Balaban J connectivity index is 1.62. The lowest BCUT2D eigenvalue weighted by atomic mass is 9.88. The highest BCUT2D eigenvalue weighted by atomic mass is 32.1. The predicted octanol–water partition coefficient (Wildman–Crippen LogP) is 2.50. The van der Waals surface area contributed by atoms with E-state index in [9.17, 15) is 14.0 Å².